The summed E-state index contributed by atoms with van der Waals surface area (Å²) >= 11 is 0. The molecule has 11 nitrogen and oxygen atoms in total. The van der Waals surface area contributed by atoms with E-state index in [2.05, 4.69) is 9.98 Å². The largest absolute Gasteiger partial charge is 0.504 e. The minimum Gasteiger partial charge on any atom is -0.504 e. The third-order valence-corrected chi connectivity index (χ3v) is 6.03. The molecule has 1 fully saturated rings. The molecule has 0 amide bonds. The van der Waals surface area contributed by atoms with Gasteiger partial charge in [0.25, 0.3) is 6.29 Å². The van der Waals surface area contributed by atoms with Crippen LogP contribution in [0.25, 0.3) is 11.0 Å². The number of phenolic OH excluding ortho intramolecular Hbond substituents is 1. The van der Waals surface area contributed by atoms with Crippen molar-refractivity contribution >= 4 is 23.1 Å². The average molecular weight is 514 g/mol. The molecule has 2 heterocycles. The van der Waals surface area contributed by atoms with Gasteiger partial charge in [-0.25, -0.2) is 9.79 Å². The fraction of sp³-hybridized carbons (Fsp3) is 0.346. The first-order valence-electron chi connectivity index (χ1n) is 11.5. The molecular weight excluding hydrogens is 484 g/mol. The van der Waals surface area contributed by atoms with Crippen molar-refractivity contribution in [2.24, 2.45) is 4.99 Å². The number of methoxy groups -OCH3 is 1. The van der Waals surface area contributed by atoms with Gasteiger partial charge in [0, 0.05) is 23.7 Å². The van der Waals surface area contributed by atoms with Crippen LogP contribution in [0.2, 0.25) is 0 Å². The summed E-state index contributed by atoms with van der Waals surface area (Å²) < 4.78 is 22.3. The second kappa shape index (κ2) is 11.0. The molecule has 0 bridgehead atoms. The van der Waals surface area contributed by atoms with E-state index in [4.69, 9.17) is 18.6 Å². The molecule has 3 aromatic rings. The number of aromatic hydroxyl groups is 1. The molecular formula is C26H29N2O9+. The van der Waals surface area contributed by atoms with Crippen molar-refractivity contribution in [2.75, 3.05) is 13.7 Å². The Hall–Kier alpha value is -3.93. The molecule has 2 aromatic carbocycles. The normalized spacial score (nSPS) is 24.5. The lowest BCUT2D eigenvalue weighted by Gasteiger charge is -2.38. The zero-order chi connectivity index (χ0) is 26.7. The van der Waals surface area contributed by atoms with Crippen LogP contribution in [0.1, 0.15) is 18.1 Å². The minimum atomic E-state index is -1.26. The lowest BCUT2D eigenvalue weighted by molar-refractivity contribution is -0.559. The number of hydrogen-bond acceptors (Lipinski definition) is 9. The second-order valence-corrected chi connectivity index (χ2v) is 8.70. The van der Waals surface area contributed by atoms with Crippen LogP contribution in [0.5, 0.6) is 17.2 Å². The molecule has 1 saturated heterocycles. The Morgan fingerprint density at radius 1 is 1.22 bits per heavy atom. The van der Waals surface area contributed by atoms with Gasteiger partial charge in [-0.1, -0.05) is 0 Å². The lowest BCUT2D eigenvalue weighted by Crippen LogP contribution is -2.89. The van der Waals surface area contributed by atoms with E-state index in [1.807, 2.05) is 0 Å². The van der Waals surface area contributed by atoms with Crippen LogP contribution in [0, 0.1) is 6.92 Å². The van der Waals surface area contributed by atoms with Crippen molar-refractivity contribution in [2.45, 2.75) is 44.4 Å². The summed E-state index contributed by atoms with van der Waals surface area (Å²) in [5, 5.41) is 41.7. The number of fused-ring (bicyclic) bond motifs is 1. The van der Waals surface area contributed by atoms with Gasteiger partial charge in [0.05, 0.1) is 20.6 Å². The van der Waals surface area contributed by atoms with Gasteiger partial charge in [-0.05, 0) is 48.4 Å². The summed E-state index contributed by atoms with van der Waals surface area (Å²) in [6.07, 6.45) is -1.89. The van der Waals surface area contributed by atoms with Crippen molar-refractivity contribution in [3.8, 4) is 17.2 Å². The van der Waals surface area contributed by atoms with Gasteiger partial charge >= 0.3 is 11.5 Å². The summed E-state index contributed by atoms with van der Waals surface area (Å²) in [6.45, 7) is 2.72. The Bertz CT molecular complexity index is 1380. The Balaban J connectivity index is 1.62. The molecule has 1 aromatic heterocycles. The van der Waals surface area contributed by atoms with Crippen LogP contribution in [-0.2, 0) is 4.74 Å². The third-order valence-electron chi connectivity index (χ3n) is 6.03. The summed E-state index contributed by atoms with van der Waals surface area (Å²) in [4.78, 5) is 19.0. The summed E-state index contributed by atoms with van der Waals surface area (Å²) in [5.74, 6) is 0.323. The molecule has 1 aliphatic heterocycles. The van der Waals surface area contributed by atoms with Gasteiger partial charge in [-0.15, -0.1) is 0 Å². The van der Waals surface area contributed by atoms with Crippen molar-refractivity contribution in [1.82, 2.24) is 0 Å². The molecule has 196 valence electrons. The zero-order valence-corrected chi connectivity index (χ0v) is 20.5. The predicted octanol–water partition coefficient (Wildman–Crippen LogP) is 0.186. The van der Waals surface area contributed by atoms with Gasteiger partial charge < -0.3 is 39.1 Å². The molecule has 4 rings (SSSR count). The summed E-state index contributed by atoms with van der Waals surface area (Å²) in [6, 6.07) is 9.03. The van der Waals surface area contributed by atoms with Crippen LogP contribution < -0.4 is 20.1 Å². The number of phenols is 1. The number of nitrogens with zero attached hydrogens (tertiary/aromatic N) is 1. The van der Waals surface area contributed by atoms with Crippen LogP contribution in [-0.4, -0.2) is 76.8 Å². The molecule has 0 aliphatic carbocycles. The van der Waals surface area contributed by atoms with Crippen molar-refractivity contribution in [3.63, 3.8) is 0 Å². The van der Waals surface area contributed by atoms with E-state index >= 15 is 0 Å². The van der Waals surface area contributed by atoms with Crippen LogP contribution in [0.4, 0.5) is 0 Å². The van der Waals surface area contributed by atoms with Crippen molar-refractivity contribution in [3.05, 3.63) is 64.0 Å². The average Bonchev–Trinajstić information content (AvgIpc) is 2.85. The molecule has 11 heteroatoms. The molecule has 1 aliphatic rings. The monoisotopic (exact) mass is 513 g/mol. The van der Waals surface area contributed by atoms with Gasteiger partial charge in [0.15, 0.2) is 11.5 Å². The first-order chi connectivity index (χ1) is 17.7. The maximum absolute atomic E-state index is 11.8. The smallest absolute Gasteiger partial charge is 0.336 e. The van der Waals surface area contributed by atoms with E-state index in [1.54, 1.807) is 31.2 Å². The highest BCUT2D eigenvalue weighted by molar-refractivity contribution is 5.81. The lowest BCUT2D eigenvalue weighted by atomic mass is 9.95. The Labute approximate surface area is 211 Å². The number of ether oxygens (including phenoxy) is 3. The quantitative estimate of drug-likeness (QED) is 0.168. The topological polar surface area (TPSA) is 165 Å². The van der Waals surface area contributed by atoms with Crippen LogP contribution in [0.15, 0.2) is 56.7 Å². The summed E-state index contributed by atoms with van der Waals surface area (Å²) in [7, 11) is 1.42. The van der Waals surface area contributed by atoms with Crippen molar-refractivity contribution in [1.29, 1.82) is 0 Å². The standard InChI is InChI=1S/C26H28N2O9/c1-13-8-22(32)36-19-10-16(5-6-17(13)19)35-26-24(28-14(2)30)25(33)23(21(12-29)37-26)27-11-15-4-7-18(31)20(9-15)34-3/h4-11,21,23-26,29,31,33H,12H2,1-3H3,(H,28,30)/p+1/t21-,23-,24-,25+,26-/m1/s1. The first kappa shape index (κ1) is 26.1. The third kappa shape index (κ3) is 5.74. The van der Waals surface area contributed by atoms with E-state index in [9.17, 15) is 25.2 Å². The molecule has 0 spiro atoms. The zero-order valence-electron chi connectivity index (χ0n) is 20.5. The first-order valence-corrected chi connectivity index (χ1v) is 11.5. The number of aliphatic imine (C=N–C) groups is 1. The molecule has 0 saturated carbocycles. The SMILES string of the molecule is COc1cc(C=N[C@H]2[C@H](O)[C@@H]([NH+]=C(C)O)[C@H](Oc3ccc4c(C)cc(=O)oc4c3)O[C@@H]2CO)ccc1O. The van der Waals surface area contributed by atoms with Crippen molar-refractivity contribution < 1.29 is 44.0 Å². The van der Waals surface area contributed by atoms with E-state index in [-0.39, 0.29) is 23.1 Å². The molecule has 5 atom stereocenters. The minimum absolute atomic E-state index is 0.0322. The Kier molecular flexibility index (Phi) is 7.77. The van der Waals surface area contributed by atoms with Gasteiger partial charge in [-0.3, -0.25) is 4.99 Å². The van der Waals surface area contributed by atoms with Gasteiger partial charge in [-0.2, -0.15) is 0 Å². The van der Waals surface area contributed by atoms with E-state index < -0.39 is 42.8 Å². The molecule has 37 heavy (non-hydrogen) atoms. The van der Waals surface area contributed by atoms with E-state index in [0.717, 1.165) is 10.9 Å². The second-order valence-electron chi connectivity index (χ2n) is 8.70. The number of nitrogens with one attached hydrogen (secondary N) is 1. The fourth-order valence-electron chi connectivity index (χ4n) is 4.22. The maximum Gasteiger partial charge on any atom is 0.336 e. The predicted molar refractivity (Wildman–Crippen MR) is 134 cm³/mol. The van der Waals surface area contributed by atoms with E-state index in [1.165, 1.54) is 38.4 Å². The highest BCUT2D eigenvalue weighted by atomic mass is 16.7. The maximum atomic E-state index is 11.8. The molecule has 5 N–H and O–H groups in total. The van der Waals surface area contributed by atoms with Crippen LogP contribution >= 0.6 is 0 Å². The van der Waals surface area contributed by atoms with Gasteiger partial charge in [0.2, 0.25) is 6.04 Å². The van der Waals surface area contributed by atoms with E-state index in [0.29, 0.717) is 11.1 Å². The number of rotatable bonds is 7. The fourth-order valence-corrected chi connectivity index (χ4v) is 4.22. The highest BCUT2D eigenvalue weighted by Crippen LogP contribution is 2.28. The Morgan fingerprint density at radius 2 is 2.00 bits per heavy atom. The number of aryl methyl sites for hydroxylation is 1. The molecule has 0 radical (unpaired) electrons. The molecule has 0 unspecified atom stereocenters. The highest BCUT2D eigenvalue weighted by Gasteiger charge is 2.50. The summed E-state index contributed by atoms with van der Waals surface area (Å²) in [5.41, 5.74) is 1.15. The van der Waals surface area contributed by atoms with Gasteiger partial charge in [0.1, 0.15) is 29.6 Å². The Morgan fingerprint density at radius 3 is 2.70 bits per heavy atom. The number of hydrogen-bond donors (Lipinski definition) is 5. The number of aliphatic hydroxyl groups excluding tert-OH is 3. The number of benzene rings is 2. The number of aliphatic hydroxyl groups is 3. The van der Waals surface area contributed by atoms with Crippen LogP contribution in [0.3, 0.4) is 0 Å².